The molecule has 0 heterocycles. The van der Waals surface area contributed by atoms with Crippen molar-refractivity contribution in [1.29, 1.82) is 0 Å². The smallest absolute Gasteiger partial charge is 0.318 e. The molecule has 0 atom stereocenters. The van der Waals surface area contributed by atoms with Crippen molar-refractivity contribution in [3.8, 4) is 0 Å². The van der Waals surface area contributed by atoms with E-state index in [1.165, 1.54) is 19.0 Å². The van der Waals surface area contributed by atoms with E-state index in [9.17, 15) is 13.2 Å². The number of nitrogens with zero attached hydrogens (tertiary/aromatic N) is 1. The molecule has 0 rings (SSSR count). The lowest BCUT2D eigenvalue weighted by atomic mass is 10.1. The minimum absolute atomic E-state index is 0.253. The molecule has 0 radical (unpaired) electrons. The largest absolute Gasteiger partial charge is 0.416 e. The van der Waals surface area contributed by atoms with Crippen molar-refractivity contribution in [2.75, 3.05) is 7.05 Å². The number of rotatable bonds is 4. The molecule has 0 aromatic rings. The second kappa shape index (κ2) is 5.94. The summed E-state index contributed by atoms with van der Waals surface area (Å²) in [6.45, 7) is 5.23. The van der Waals surface area contributed by atoms with Crippen molar-refractivity contribution in [1.82, 2.24) is 5.01 Å². The third kappa shape index (κ3) is 5.21. The number of nitrogens with two attached hydrogens (primary N) is 1. The van der Waals surface area contributed by atoms with E-state index in [-0.39, 0.29) is 5.92 Å². The van der Waals surface area contributed by atoms with Crippen molar-refractivity contribution >= 4 is 0 Å². The molecule has 0 aliphatic carbocycles. The first-order valence-electron chi connectivity index (χ1n) is 5.11. The van der Waals surface area contributed by atoms with Crippen LogP contribution in [0.5, 0.6) is 0 Å². The maximum atomic E-state index is 12.5. The van der Waals surface area contributed by atoms with E-state index < -0.39 is 11.7 Å². The average Bonchev–Trinajstić information content (AvgIpc) is 2.08. The zero-order chi connectivity index (χ0) is 12.9. The summed E-state index contributed by atoms with van der Waals surface area (Å²) in [5.41, 5.74) is -0.194. The molecular formula is C11H19F3N2. The van der Waals surface area contributed by atoms with Crippen LogP contribution >= 0.6 is 0 Å². The molecule has 0 saturated heterocycles. The van der Waals surface area contributed by atoms with Crippen LogP contribution in [0, 0.1) is 5.92 Å². The summed E-state index contributed by atoms with van der Waals surface area (Å²) in [5.74, 6) is 5.76. The minimum Gasteiger partial charge on any atom is -0.318 e. The van der Waals surface area contributed by atoms with Crippen LogP contribution in [0.25, 0.3) is 0 Å². The van der Waals surface area contributed by atoms with Gasteiger partial charge in [-0.3, -0.25) is 0 Å². The van der Waals surface area contributed by atoms with Gasteiger partial charge in [-0.1, -0.05) is 19.9 Å². The summed E-state index contributed by atoms with van der Waals surface area (Å²) in [5, 5.41) is 1.23. The molecule has 0 saturated carbocycles. The zero-order valence-electron chi connectivity index (χ0n) is 10.1. The predicted molar refractivity (Wildman–Crippen MR) is 59.3 cm³/mol. The molecule has 0 aliphatic rings. The van der Waals surface area contributed by atoms with Crippen molar-refractivity contribution in [2.45, 2.75) is 33.4 Å². The number of hydrogen-bond donors (Lipinski definition) is 1. The third-order valence-electron chi connectivity index (χ3n) is 2.03. The lowest BCUT2D eigenvalue weighted by Crippen LogP contribution is -2.27. The second-order valence-corrected chi connectivity index (χ2v) is 4.09. The first-order chi connectivity index (χ1) is 7.18. The standard InChI is InChI=1S/C11H19F3N2/c1-5-9(11(12,13)14)7-10(16(4)15)6-8(2)3/h5,7-8H,6,15H2,1-4H3/b9-5+,10-7-. The first-order valence-corrected chi connectivity index (χ1v) is 5.11. The monoisotopic (exact) mass is 236 g/mol. The van der Waals surface area contributed by atoms with Crippen LogP contribution in [0.1, 0.15) is 27.2 Å². The van der Waals surface area contributed by atoms with Crippen LogP contribution in [0.3, 0.4) is 0 Å². The summed E-state index contributed by atoms with van der Waals surface area (Å²) in [6, 6.07) is 0. The minimum atomic E-state index is -4.33. The van der Waals surface area contributed by atoms with Gasteiger partial charge in [-0.05, 0) is 25.3 Å². The van der Waals surface area contributed by atoms with Gasteiger partial charge in [-0.25, -0.2) is 5.84 Å². The van der Waals surface area contributed by atoms with Gasteiger partial charge in [0.1, 0.15) is 0 Å². The van der Waals surface area contributed by atoms with E-state index in [1.54, 1.807) is 0 Å². The van der Waals surface area contributed by atoms with Crippen LogP contribution < -0.4 is 5.84 Å². The SMILES string of the molecule is C/C=C(\C=C(\CC(C)C)N(C)N)C(F)(F)F. The van der Waals surface area contributed by atoms with E-state index in [4.69, 9.17) is 5.84 Å². The number of allylic oxidation sites excluding steroid dienone is 4. The number of alkyl halides is 3. The van der Waals surface area contributed by atoms with E-state index in [0.717, 1.165) is 12.2 Å². The predicted octanol–water partition coefficient (Wildman–Crippen LogP) is 3.23. The fourth-order valence-corrected chi connectivity index (χ4v) is 1.23. The highest BCUT2D eigenvalue weighted by Crippen LogP contribution is 2.28. The molecule has 0 amide bonds. The molecule has 0 spiro atoms. The molecule has 2 nitrogen and oxygen atoms in total. The van der Waals surface area contributed by atoms with Gasteiger partial charge in [0.05, 0.1) is 5.57 Å². The molecule has 0 aromatic carbocycles. The Morgan fingerprint density at radius 1 is 1.38 bits per heavy atom. The summed E-state index contributed by atoms with van der Waals surface area (Å²) in [6.07, 6.45) is -1.67. The molecule has 5 heteroatoms. The molecular weight excluding hydrogens is 217 g/mol. The van der Waals surface area contributed by atoms with Crippen LogP contribution in [-0.2, 0) is 0 Å². The van der Waals surface area contributed by atoms with Crippen molar-refractivity contribution in [2.24, 2.45) is 11.8 Å². The van der Waals surface area contributed by atoms with Crippen LogP contribution in [-0.4, -0.2) is 18.2 Å². The quantitative estimate of drug-likeness (QED) is 0.461. The zero-order valence-corrected chi connectivity index (χ0v) is 10.1. The lowest BCUT2D eigenvalue weighted by Gasteiger charge is -2.20. The Morgan fingerprint density at radius 3 is 2.12 bits per heavy atom. The first kappa shape index (κ1) is 15.0. The summed E-state index contributed by atoms with van der Waals surface area (Å²) >= 11 is 0. The molecule has 0 bridgehead atoms. The van der Waals surface area contributed by atoms with Crippen LogP contribution in [0.4, 0.5) is 13.2 Å². The average molecular weight is 236 g/mol. The van der Waals surface area contributed by atoms with Gasteiger partial charge in [-0.15, -0.1) is 0 Å². The Labute approximate surface area is 94.6 Å². The molecule has 0 unspecified atom stereocenters. The van der Waals surface area contributed by atoms with Gasteiger partial charge in [0, 0.05) is 12.7 Å². The molecule has 0 aliphatic heterocycles. The number of halogens is 3. The Morgan fingerprint density at radius 2 is 1.88 bits per heavy atom. The Bertz CT molecular complexity index is 275. The fourth-order valence-electron chi connectivity index (χ4n) is 1.23. The van der Waals surface area contributed by atoms with E-state index in [2.05, 4.69) is 0 Å². The van der Waals surface area contributed by atoms with Gasteiger partial charge in [0.15, 0.2) is 0 Å². The molecule has 0 fully saturated rings. The van der Waals surface area contributed by atoms with Crippen molar-refractivity contribution < 1.29 is 13.2 Å². The maximum absolute atomic E-state index is 12.5. The van der Waals surface area contributed by atoms with Crippen LogP contribution in [0.2, 0.25) is 0 Å². The normalized spacial score (nSPS) is 14.6. The summed E-state index contributed by atoms with van der Waals surface area (Å²) < 4.78 is 37.5. The molecule has 94 valence electrons. The van der Waals surface area contributed by atoms with Gasteiger partial charge in [-0.2, -0.15) is 13.2 Å². The van der Waals surface area contributed by atoms with Gasteiger partial charge >= 0.3 is 6.18 Å². The van der Waals surface area contributed by atoms with Crippen LogP contribution in [0.15, 0.2) is 23.4 Å². The van der Waals surface area contributed by atoms with Gasteiger partial charge in [0.25, 0.3) is 0 Å². The summed E-state index contributed by atoms with van der Waals surface area (Å²) in [7, 11) is 1.54. The molecule has 0 aromatic heterocycles. The number of hydrazine groups is 1. The Kier molecular flexibility index (Phi) is 5.58. The van der Waals surface area contributed by atoms with Crippen molar-refractivity contribution in [3.05, 3.63) is 23.4 Å². The summed E-state index contributed by atoms with van der Waals surface area (Å²) in [4.78, 5) is 0. The highest BCUT2D eigenvalue weighted by Gasteiger charge is 2.31. The van der Waals surface area contributed by atoms with E-state index in [0.29, 0.717) is 12.1 Å². The lowest BCUT2D eigenvalue weighted by molar-refractivity contribution is -0.0885. The highest BCUT2D eigenvalue weighted by molar-refractivity contribution is 5.26. The maximum Gasteiger partial charge on any atom is 0.416 e. The fraction of sp³-hybridized carbons (Fsp3) is 0.636. The highest BCUT2D eigenvalue weighted by atomic mass is 19.4. The Balaban J connectivity index is 5.04. The third-order valence-corrected chi connectivity index (χ3v) is 2.03. The number of hydrogen-bond acceptors (Lipinski definition) is 2. The van der Waals surface area contributed by atoms with Crippen molar-refractivity contribution in [3.63, 3.8) is 0 Å². The molecule has 16 heavy (non-hydrogen) atoms. The van der Waals surface area contributed by atoms with E-state index in [1.807, 2.05) is 13.8 Å². The molecule has 2 N–H and O–H groups in total. The van der Waals surface area contributed by atoms with Gasteiger partial charge < -0.3 is 5.01 Å². The second-order valence-electron chi connectivity index (χ2n) is 4.09. The Hall–Kier alpha value is -0.970. The van der Waals surface area contributed by atoms with Gasteiger partial charge in [0.2, 0.25) is 0 Å². The topological polar surface area (TPSA) is 29.3 Å². The van der Waals surface area contributed by atoms with E-state index >= 15 is 0 Å².